The Morgan fingerprint density at radius 1 is 0.897 bits per heavy atom. The maximum atomic E-state index is 13.3. The lowest BCUT2D eigenvalue weighted by Gasteiger charge is -2.38. The van der Waals surface area contributed by atoms with Crippen LogP contribution < -0.4 is 19.3 Å². The number of nitrogens with one attached hydrogen (secondary N) is 1. The van der Waals surface area contributed by atoms with Gasteiger partial charge in [0.25, 0.3) is 10.0 Å². The van der Waals surface area contributed by atoms with Gasteiger partial charge in [0, 0.05) is 37.3 Å². The maximum Gasteiger partial charge on any atom is 0.264 e. The van der Waals surface area contributed by atoms with Gasteiger partial charge >= 0.3 is 0 Å². The fourth-order valence-electron chi connectivity index (χ4n) is 5.21. The van der Waals surface area contributed by atoms with Gasteiger partial charge in [-0.2, -0.15) is 0 Å². The second-order valence-corrected chi connectivity index (χ2v) is 11.8. The highest BCUT2D eigenvalue weighted by Crippen LogP contribution is 2.36. The number of methoxy groups -OCH3 is 1. The predicted molar refractivity (Wildman–Crippen MR) is 160 cm³/mol. The lowest BCUT2D eigenvalue weighted by Crippen LogP contribution is -2.44. The number of unbranched alkanes of at least 4 members (excludes halogenated alkanes) is 3. The molecule has 3 aromatic carbocycles. The number of hydrogen-bond donors (Lipinski definition) is 1. The Bertz CT molecular complexity index is 1530. The number of aryl methyl sites for hydroxylation is 1. The van der Waals surface area contributed by atoms with E-state index in [0.29, 0.717) is 18.0 Å². The standard InChI is InChI=1S/C31H36N4O3S/c1-24-16-18-33-31-27(24)22-25(38-2)23-28(31)32-17-10-3-4-11-19-34-20-21-35(30-15-9-8-14-29(30)34)39(36,37)26-12-6-5-7-13-26/h5-9,12-16,18,22-23,32H,3-4,10-11,17,19-21H2,1-2H3. The third kappa shape index (κ3) is 5.81. The summed E-state index contributed by atoms with van der Waals surface area (Å²) < 4.78 is 33.7. The van der Waals surface area contributed by atoms with Crippen molar-refractivity contribution in [3.63, 3.8) is 0 Å². The molecule has 0 unspecified atom stereocenters. The number of anilines is 3. The van der Waals surface area contributed by atoms with Crippen molar-refractivity contribution in [1.29, 1.82) is 0 Å². The van der Waals surface area contributed by atoms with Crippen molar-refractivity contribution < 1.29 is 13.2 Å². The van der Waals surface area contributed by atoms with Crippen LogP contribution in [0.1, 0.15) is 31.2 Å². The van der Waals surface area contributed by atoms with Crippen LogP contribution in [-0.4, -0.2) is 46.7 Å². The Morgan fingerprint density at radius 3 is 2.44 bits per heavy atom. The van der Waals surface area contributed by atoms with Crippen LogP contribution in [0.15, 0.2) is 83.9 Å². The monoisotopic (exact) mass is 544 g/mol. The van der Waals surface area contributed by atoms with Crippen molar-refractivity contribution in [2.45, 2.75) is 37.5 Å². The molecule has 1 aromatic heterocycles. The fourth-order valence-corrected chi connectivity index (χ4v) is 6.71. The zero-order valence-electron chi connectivity index (χ0n) is 22.6. The number of nitrogens with zero attached hydrogens (tertiary/aromatic N) is 3. The van der Waals surface area contributed by atoms with E-state index >= 15 is 0 Å². The number of sulfonamides is 1. The molecule has 0 bridgehead atoms. The number of hydrogen-bond acceptors (Lipinski definition) is 6. The van der Waals surface area contributed by atoms with Crippen LogP contribution in [0.4, 0.5) is 17.1 Å². The van der Waals surface area contributed by atoms with E-state index in [-0.39, 0.29) is 0 Å². The molecule has 0 saturated heterocycles. The summed E-state index contributed by atoms with van der Waals surface area (Å²) in [5.74, 6) is 0.832. The molecule has 1 N–H and O–H groups in total. The minimum Gasteiger partial charge on any atom is -0.497 e. The Labute approximate surface area is 231 Å². The molecule has 0 radical (unpaired) electrons. The second kappa shape index (κ2) is 11.9. The van der Waals surface area contributed by atoms with Gasteiger partial charge in [0.2, 0.25) is 0 Å². The number of ether oxygens (including phenoxy) is 1. The quantitative estimate of drug-likeness (QED) is 0.225. The minimum atomic E-state index is -3.59. The molecule has 1 aliphatic rings. The molecular weight excluding hydrogens is 508 g/mol. The molecule has 39 heavy (non-hydrogen) atoms. The summed E-state index contributed by atoms with van der Waals surface area (Å²) in [7, 11) is -1.90. The summed E-state index contributed by atoms with van der Waals surface area (Å²) in [6.07, 6.45) is 6.20. The molecule has 7 nitrogen and oxygen atoms in total. The number of fused-ring (bicyclic) bond motifs is 2. The Morgan fingerprint density at radius 2 is 1.64 bits per heavy atom. The zero-order chi connectivity index (χ0) is 27.2. The summed E-state index contributed by atoms with van der Waals surface area (Å²) in [5.41, 5.74) is 4.90. The summed E-state index contributed by atoms with van der Waals surface area (Å²) in [4.78, 5) is 7.24. The van der Waals surface area contributed by atoms with Gasteiger partial charge in [-0.15, -0.1) is 0 Å². The second-order valence-electron chi connectivity index (χ2n) is 9.91. The molecule has 0 spiro atoms. The molecule has 4 aromatic rings. The first-order valence-electron chi connectivity index (χ1n) is 13.6. The Kier molecular flexibility index (Phi) is 8.21. The van der Waals surface area contributed by atoms with Gasteiger partial charge in [0.05, 0.1) is 41.1 Å². The SMILES string of the molecule is COc1cc(NCCCCCCN2CCN(S(=O)(=O)c3ccccc3)c3ccccc32)c2nccc(C)c2c1. The predicted octanol–water partition coefficient (Wildman–Crippen LogP) is 6.24. The van der Waals surface area contributed by atoms with Gasteiger partial charge in [-0.05, 0) is 61.7 Å². The van der Waals surface area contributed by atoms with E-state index in [1.165, 1.54) is 5.56 Å². The van der Waals surface area contributed by atoms with E-state index in [4.69, 9.17) is 4.74 Å². The number of aromatic nitrogens is 1. The van der Waals surface area contributed by atoms with Crippen LogP contribution in [0, 0.1) is 6.92 Å². The van der Waals surface area contributed by atoms with Crippen molar-refractivity contribution in [3.05, 3.63) is 84.6 Å². The van der Waals surface area contributed by atoms with Crippen molar-refractivity contribution in [1.82, 2.24) is 4.98 Å². The molecule has 1 aliphatic heterocycles. The van der Waals surface area contributed by atoms with Gasteiger partial charge in [-0.25, -0.2) is 8.42 Å². The number of rotatable bonds is 11. The highest BCUT2D eigenvalue weighted by atomic mass is 32.2. The van der Waals surface area contributed by atoms with E-state index < -0.39 is 10.0 Å². The maximum absolute atomic E-state index is 13.3. The Balaban J connectivity index is 1.14. The topological polar surface area (TPSA) is 74.8 Å². The van der Waals surface area contributed by atoms with Gasteiger partial charge in [-0.1, -0.05) is 43.2 Å². The first-order chi connectivity index (χ1) is 19.0. The highest BCUT2D eigenvalue weighted by Gasteiger charge is 2.31. The van der Waals surface area contributed by atoms with E-state index in [1.54, 1.807) is 35.7 Å². The average molecular weight is 545 g/mol. The summed E-state index contributed by atoms with van der Waals surface area (Å²) in [5, 5.41) is 4.67. The van der Waals surface area contributed by atoms with Gasteiger partial charge < -0.3 is 15.0 Å². The van der Waals surface area contributed by atoms with Crippen molar-refractivity contribution in [2.24, 2.45) is 0 Å². The van der Waals surface area contributed by atoms with Crippen LogP contribution in [-0.2, 0) is 10.0 Å². The largest absolute Gasteiger partial charge is 0.497 e. The summed E-state index contributed by atoms with van der Waals surface area (Å²) in [6.45, 7) is 5.00. The van der Waals surface area contributed by atoms with Crippen molar-refractivity contribution in [3.8, 4) is 5.75 Å². The third-order valence-electron chi connectivity index (χ3n) is 7.34. The van der Waals surface area contributed by atoms with E-state index in [1.807, 2.05) is 54.7 Å². The van der Waals surface area contributed by atoms with Crippen LogP contribution in [0.3, 0.4) is 0 Å². The van der Waals surface area contributed by atoms with Crippen LogP contribution in [0.5, 0.6) is 5.75 Å². The molecule has 2 heterocycles. The molecule has 0 atom stereocenters. The number of benzene rings is 3. The van der Waals surface area contributed by atoms with Crippen LogP contribution >= 0.6 is 0 Å². The highest BCUT2D eigenvalue weighted by molar-refractivity contribution is 7.92. The van der Waals surface area contributed by atoms with E-state index in [0.717, 1.165) is 72.5 Å². The van der Waals surface area contributed by atoms with E-state index in [2.05, 4.69) is 22.1 Å². The fraction of sp³-hybridized carbons (Fsp3) is 0.323. The van der Waals surface area contributed by atoms with Crippen molar-refractivity contribution in [2.75, 3.05) is 47.8 Å². The van der Waals surface area contributed by atoms with Crippen LogP contribution in [0.2, 0.25) is 0 Å². The van der Waals surface area contributed by atoms with Gasteiger partial charge in [0.1, 0.15) is 5.75 Å². The molecule has 0 aliphatic carbocycles. The number of para-hydroxylation sites is 2. The third-order valence-corrected chi connectivity index (χ3v) is 9.17. The normalized spacial score (nSPS) is 13.4. The van der Waals surface area contributed by atoms with Crippen LogP contribution in [0.25, 0.3) is 10.9 Å². The molecular formula is C31H36N4O3S. The zero-order valence-corrected chi connectivity index (χ0v) is 23.5. The smallest absolute Gasteiger partial charge is 0.264 e. The molecule has 0 fully saturated rings. The molecule has 0 saturated carbocycles. The summed E-state index contributed by atoms with van der Waals surface area (Å²) in [6, 6.07) is 22.6. The first-order valence-corrected chi connectivity index (χ1v) is 15.0. The average Bonchev–Trinajstić information content (AvgIpc) is 2.97. The first kappa shape index (κ1) is 26.8. The molecule has 204 valence electrons. The lowest BCUT2D eigenvalue weighted by atomic mass is 10.1. The lowest BCUT2D eigenvalue weighted by molar-refractivity contribution is 0.415. The van der Waals surface area contributed by atoms with Crippen molar-refractivity contribution >= 4 is 38.0 Å². The Hall–Kier alpha value is -3.78. The number of pyridine rings is 1. The summed E-state index contributed by atoms with van der Waals surface area (Å²) >= 11 is 0. The molecule has 5 rings (SSSR count). The minimum absolute atomic E-state index is 0.328. The van der Waals surface area contributed by atoms with Gasteiger partial charge in [0.15, 0.2) is 0 Å². The van der Waals surface area contributed by atoms with Gasteiger partial charge in [-0.3, -0.25) is 9.29 Å². The van der Waals surface area contributed by atoms with E-state index in [9.17, 15) is 8.42 Å². The molecule has 0 amide bonds. The molecule has 8 heteroatoms.